The van der Waals surface area contributed by atoms with Crippen molar-refractivity contribution >= 4 is 32.3 Å². The first-order chi connectivity index (χ1) is 21.2. The third kappa shape index (κ3) is 6.70. The van der Waals surface area contributed by atoms with Crippen LogP contribution in [-0.2, 0) is 0 Å². The Morgan fingerprint density at radius 2 is 1.26 bits per heavy atom. The summed E-state index contributed by atoms with van der Waals surface area (Å²) in [6.45, 7) is 8.45. The fourth-order valence-corrected chi connectivity index (χ4v) is 5.80. The Bertz CT molecular complexity index is 1820. The highest BCUT2D eigenvalue weighted by molar-refractivity contribution is 6.03. The predicted octanol–water partition coefficient (Wildman–Crippen LogP) is 11.6. The van der Waals surface area contributed by atoms with Crippen LogP contribution in [0.4, 0.5) is 0 Å². The number of pyridine rings is 1. The van der Waals surface area contributed by atoms with Gasteiger partial charge in [-0.3, -0.25) is 4.98 Å². The van der Waals surface area contributed by atoms with Gasteiger partial charge in [0.05, 0.1) is 17.4 Å². The first-order valence-electron chi connectivity index (χ1n) is 15.6. The molecule has 2 heteroatoms. The molecule has 216 valence electrons. The summed E-state index contributed by atoms with van der Waals surface area (Å²) in [5.41, 5.74) is 5.75. The molecule has 0 aliphatic rings. The van der Waals surface area contributed by atoms with Crippen LogP contribution in [0.1, 0.15) is 64.3 Å². The van der Waals surface area contributed by atoms with Crippen molar-refractivity contribution in [2.24, 2.45) is 0 Å². The second-order valence-electron chi connectivity index (χ2n) is 10.8. The predicted molar refractivity (Wildman–Crippen MR) is 187 cm³/mol. The summed E-state index contributed by atoms with van der Waals surface area (Å²) in [5, 5.41) is 11.5. The van der Waals surface area contributed by atoms with Gasteiger partial charge in [-0.1, -0.05) is 136 Å². The SMILES string of the molecule is C/C=C\C.CC/C=C(/CCC)NC(c1cccc(-c2cccc3ccccc23)n1)c1c2ccccc2cc2ccccc12. The Labute approximate surface area is 256 Å². The molecule has 0 aliphatic heterocycles. The lowest BCUT2D eigenvalue weighted by Gasteiger charge is -2.26. The number of hydrogen-bond donors (Lipinski definition) is 1. The summed E-state index contributed by atoms with van der Waals surface area (Å²) in [6.07, 6.45) is 9.43. The summed E-state index contributed by atoms with van der Waals surface area (Å²) >= 11 is 0. The lowest BCUT2D eigenvalue weighted by molar-refractivity contribution is 0.643. The minimum absolute atomic E-state index is 0.0970. The van der Waals surface area contributed by atoms with Crippen molar-refractivity contribution < 1.29 is 0 Å². The quantitative estimate of drug-likeness (QED) is 0.147. The van der Waals surface area contributed by atoms with Gasteiger partial charge in [-0.25, -0.2) is 0 Å². The Kier molecular flexibility index (Phi) is 10.0. The molecule has 0 spiro atoms. The lowest BCUT2D eigenvalue weighted by Crippen LogP contribution is -2.24. The third-order valence-corrected chi connectivity index (χ3v) is 7.87. The molecule has 1 aromatic heterocycles. The number of nitrogens with one attached hydrogen (secondary N) is 1. The molecule has 0 fully saturated rings. The summed E-state index contributed by atoms with van der Waals surface area (Å²) in [6, 6.07) is 41.2. The molecule has 2 nitrogen and oxygen atoms in total. The van der Waals surface area contributed by atoms with Crippen LogP contribution < -0.4 is 5.32 Å². The van der Waals surface area contributed by atoms with E-state index in [0.29, 0.717) is 0 Å². The third-order valence-electron chi connectivity index (χ3n) is 7.87. The minimum atomic E-state index is -0.0970. The molecule has 0 radical (unpaired) electrons. The Balaban J connectivity index is 0.000000868. The van der Waals surface area contributed by atoms with Crippen LogP contribution in [0.25, 0.3) is 43.6 Å². The van der Waals surface area contributed by atoms with Gasteiger partial charge in [0.1, 0.15) is 0 Å². The first-order valence-corrected chi connectivity index (χ1v) is 15.6. The molecule has 0 saturated heterocycles. The van der Waals surface area contributed by atoms with E-state index in [-0.39, 0.29) is 6.04 Å². The second kappa shape index (κ2) is 14.5. The van der Waals surface area contributed by atoms with E-state index in [4.69, 9.17) is 4.98 Å². The first kappa shape index (κ1) is 29.8. The van der Waals surface area contributed by atoms with E-state index in [0.717, 1.165) is 36.2 Å². The van der Waals surface area contributed by atoms with Gasteiger partial charge in [-0.2, -0.15) is 0 Å². The Hall–Kier alpha value is -4.69. The summed E-state index contributed by atoms with van der Waals surface area (Å²) < 4.78 is 0. The maximum absolute atomic E-state index is 5.37. The van der Waals surface area contributed by atoms with E-state index >= 15 is 0 Å². The maximum Gasteiger partial charge on any atom is 0.0949 e. The van der Waals surface area contributed by atoms with Crippen LogP contribution in [0.3, 0.4) is 0 Å². The van der Waals surface area contributed by atoms with Gasteiger partial charge in [0, 0.05) is 11.3 Å². The molecule has 43 heavy (non-hydrogen) atoms. The van der Waals surface area contributed by atoms with Crippen LogP contribution in [0.2, 0.25) is 0 Å². The van der Waals surface area contributed by atoms with Crippen molar-refractivity contribution in [2.45, 2.75) is 53.0 Å². The monoisotopic (exact) mass is 562 g/mol. The van der Waals surface area contributed by atoms with Gasteiger partial charge in [0.15, 0.2) is 0 Å². The summed E-state index contributed by atoms with van der Waals surface area (Å²) in [5.74, 6) is 0. The van der Waals surface area contributed by atoms with E-state index in [1.54, 1.807) is 0 Å². The van der Waals surface area contributed by atoms with Gasteiger partial charge in [0.2, 0.25) is 0 Å². The van der Waals surface area contributed by atoms with Crippen molar-refractivity contribution in [3.8, 4) is 11.3 Å². The molecule has 1 atom stereocenters. The van der Waals surface area contributed by atoms with Crippen LogP contribution in [0.5, 0.6) is 0 Å². The fraction of sp³-hybridized carbons (Fsp3) is 0.195. The Morgan fingerprint density at radius 3 is 1.88 bits per heavy atom. The zero-order valence-electron chi connectivity index (χ0n) is 25.8. The number of rotatable bonds is 8. The summed E-state index contributed by atoms with van der Waals surface area (Å²) in [4.78, 5) is 5.37. The van der Waals surface area contributed by atoms with Crippen molar-refractivity contribution in [1.82, 2.24) is 10.3 Å². The average molecular weight is 563 g/mol. The zero-order valence-corrected chi connectivity index (χ0v) is 25.8. The van der Waals surface area contributed by atoms with Gasteiger partial charge in [-0.15, -0.1) is 0 Å². The van der Waals surface area contributed by atoms with Crippen LogP contribution in [-0.4, -0.2) is 4.98 Å². The number of hydrogen-bond acceptors (Lipinski definition) is 2. The number of allylic oxidation sites excluding steroid dienone is 4. The van der Waals surface area contributed by atoms with Gasteiger partial charge < -0.3 is 5.32 Å². The van der Waals surface area contributed by atoms with E-state index in [9.17, 15) is 0 Å². The normalized spacial score (nSPS) is 12.4. The van der Waals surface area contributed by atoms with Gasteiger partial charge in [0.25, 0.3) is 0 Å². The van der Waals surface area contributed by atoms with Crippen LogP contribution >= 0.6 is 0 Å². The van der Waals surface area contributed by atoms with E-state index < -0.39 is 0 Å². The molecular weight excluding hydrogens is 520 g/mol. The smallest absolute Gasteiger partial charge is 0.0949 e. The topological polar surface area (TPSA) is 24.9 Å². The van der Waals surface area contributed by atoms with E-state index in [1.807, 2.05) is 26.0 Å². The molecule has 1 unspecified atom stereocenters. The standard InChI is InChI=1S/C37H34N2.C4H8/c1-3-13-29(14-4-2)38-37(36-31-20-9-6-16-27(31)25-28-17-7-10-21-32(28)36)35-24-12-23-34(39-35)33-22-11-18-26-15-5-8-19-30(26)33;1-3-4-2/h5-13,15-25,37-38H,3-4,14H2,1-2H3;3-4H,1-2H3/b29-13-;4-3-. The van der Waals surface area contributed by atoms with E-state index in [2.05, 4.69) is 141 Å². The zero-order chi connectivity index (χ0) is 30.0. The Morgan fingerprint density at radius 1 is 0.674 bits per heavy atom. The molecule has 0 aliphatic carbocycles. The maximum atomic E-state index is 5.37. The molecule has 0 saturated carbocycles. The molecule has 1 heterocycles. The molecule has 5 aromatic carbocycles. The van der Waals surface area contributed by atoms with Crippen molar-refractivity contribution in [3.05, 3.63) is 150 Å². The second-order valence-corrected chi connectivity index (χ2v) is 10.8. The van der Waals surface area contributed by atoms with Crippen LogP contribution in [0.15, 0.2) is 139 Å². The van der Waals surface area contributed by atoms with Crippen molar-refractivity contribution in [2.75, 3.05) is 0 Å². The number of benzene rings is 5. The van der Waals surface area contributed by atoms with Gasteiger partial charge >= 0.3 is 0 Å². The van der Waals surface area contributed by atoms with Gasteiger partial charge in [-0.05, 0) is 82.8 Å². The number of aromatic nitrogens is 1. The number of nitrogens with zero attached hydrogens (tertiary/aromatic N) is 1. The van der Waals surface area contributed by atoms with Crippen molar-refractivity contribution in [1.29, 1.82) is 0 Å². The van der Waals surface area contributed by atoms with Crippen LogP contribution in [0, 0.1) is 0 Å². The highest BCUT2D eigenvalue weighted by Gasteiger charge is 2.22. The average Bonchev–Trinajstić information content (AvgIpc) is 3.06. The molecule has 1 N–H and O–H groups in total. The molecular formula is C41H42N2. The highest BCUT2D eigenvalue weighted by Crippen LogP contribution is 2.37. The molecule has 0 bridgehead atoms. The fourth-order valence-electron chi connectivity index (χ4n) is 5.80. The molecule has 6 rings (SSSR count). The lowest BCUT2D eigenvalue weighted by atomic mass is 9.90. The van der Waals surface area contributed by atoms with Crippen molar-refractivity contribution in [3.63, 3.8) is 0 Å². The summed E-state index contributed by atoms with van der Waals surface area (Å²) in [7, 11) is 0. The molecule has 0 amide bonds. The minimum Gasteiger partial charge on any atom is -0.376 e. The number of fused-ring (bicyclic) bond motifs is 3. The largest absolute Gasteiger partial charge is 0.376 e. The molecule has 6 aromatic rings. The van der Waals surface area contributed by atoms with E-state index in [1.165, 1.54) is 43.6 Å². The highest BCUT2D eigenvalue weighted by atomic mass is 15.0.